The Kier molecular flexibility index (Phi) is 6.49. The van der Waals surface area contributed by atoms with Crippen molar-refractivity contribution < 1.29 is 9.47 Å². The fraction of sp³-hybridized carbons (Fsp3) is 0.360. The van der Waals surface area contributed by atoms with Crippen LogP contribution in [0.3, 0.4) is 0 Å². The normalized spacial score (nSPS) is 16.5. The molecule has 31 heavy (non-hydrogen) atoms. The second kappa shape index (κ2) is 9.45. The van der Waals surface area contributed by atoms with Crippen molar-refractivity contribution in [3.8, 4) is 16.9 Å². The zero-order valence-corrected chi connectivity index (χ0v) is 18.5. The van der Waals surface area contributed by atoms with Gasteiger partial charge < -0.3 is 15.2 Å². The number of anilines is 1. The molecule has 0 spiro atoms. The third kappa shape index (κ3) is 4.86. The molecule has 0 amide bonds. The maximum Gasteiger partial charge on any atom is 0.123 e. The predicted molar refractivity (Wildman–Crippen MR) is 123 cm³/mol. The Labute approximate surface area is 184 Å². The number of rotatable bonds is 7. The largest absolute Gasteiger partial charge is 0.496 e. The molecule has 2 aromatic heterocycles. The fourth-order valence-corrected chi connectivity index (χ4v) is 4.39. The first-order valence-corrected chi connectivity index (χ1v) is 10.7. The molecule has 1 aliphatic rings. The van der Waals surface area contributed by atoms with Crippen LogP contribution in [0.4, 0.5) is 5.82 Å². The number of nitrogen functional groups attached to an aromatic ring is 1. The van der Waals surface area contributed by atoms with Gasteiger partial charge in [-0.25, -0.2) is 4.98 Å². The first-order valence-electron chi connectivity index (χ1n) is 10.7. The van der Waals surface area contributed by atoms with Gasteiger partial charge in [0.25, 0.3) is 0 Å². The standard InChI is InChI=1S/C25H30N4O2/c1-17-11-20(19-7-9-25(26)27-14-19)13-22(28-17)23-5-4-10-29(23)15-21-12-18(16-30-2)6-8-24(21)31-3/h6-9,11-14,23H,4-5,10,15-16H2,1-3H3,(H2,26,27). The molecule has 162 valence electrons. The number of hydrogen-bond acceptors (Lipinski definition) is 6. The molecular weight excluding hydrogens is 388 g/mol. The quantitative estimate of drug-likeness (QED) is 0.608. The van der Waals surface area contributed by atoms with Crippen LogP contribution in [0.5, 0.6) is 5.75 Å². The van der Waals surface area contributed by atoms with Crippen molar-refractivity contribution in [3.05, 3.63) is 71.2 Å². The maximum absolute atomic E-state index is 5.76. The van der Waals surface area contributed by atoms with Gasteiger partial charge in [0.15, 0.2) is 0 Å². The molecule has 6 heteroatoms. The topological polar surface area (TPSA) is 73.5 Å². The number of pyridine rings is 2. The van der Waals surface area contributed by atoms with Crippen molar-refractivity contribution in [2.75, 3.05) is 26.5 Å². The summed E-state index contributed by atoms with van der Waals surface area (Å²) >= 11 is 0. The summed E-state index contributed by atoms with van der Waals surface area (Å²) in [6.45, 7) is 4.50. The van der Waals surface area contributed by atoms with Gasteiger partial charge in [-0.05, 0) is 73.8 Å². The molecule has 1 fully saturated rings. The smallest absolute Gasteiger partial charge is 0.123 e. The Morgan fingerprint density at radius 2 is 1.97 bits per heavy atom. The molecule has 1 atom stereocenters. The molecule has 0 bridgehead atoms. The van der Waals surface area contributed by atoms with Crippen LogP contribution in [0.1, 0.15) is 41.4 Å². The molecule has 3 heterocycles. The minimum absolute atomic E-state index is 0.274. The van der Waals surface area contributed by atoms with Gasteiger partial charge in [0.1, 0.15) is 11.6 Å². The molecule has 1 aliphatic heterocycles. The van der Waals surface area contributed by atoms with Gasteiger partial charge in [-0.1, -0.05) is 6.07 Å². The van der Waals surface area contributed by atoms with Crippen LogP contribution < -0.4 is 10.5 Å². The van der Waals surface area contributed by atoms with E-state index in [0.717, 1.165) is 59.8 Å². The number of methoxy groups -OCH3 is 2. The van der Waals surface area contributed by atoms with Gasteiger partial charge in [-0.15, -0.1) is 0 Å². The molecule has 0 aliphatic carbocycles. The van der Waals surface area contributed by atoms with Crippen LogP contribution in [-0.4, -0.2) is 35.6 Å². The van der Waals surface area contributed by atoms with Crippen molar-refractivity contribution in [2.45, 2.75) is 39.0 Å². The van der Waals surface area contributed by atoms with Crippen LogP contribution in [-0.2, 0) is 17.9 Å². The Morgan fingerprint density at radius 3 is 2.71 bits per heavy atom. The van der Waals surface area contributed by atoms with Crippen molar-refractivity contribution >= 4 is 5.82 Å². The lowest BCUT2D eigenvalue weighted by molar-refractivity contribution is 0.184. The lowest BCUT2D eigenvalue weighted by Gasteiger charge is -2.26. The van der Waals surface area contributed by atoms with E-state index in [0.29, 0.717) is 12.4 Å². The first-order chi connectivity index (χ1) is 15.1. The number of hydrogen-bond donors (Lipinski definition) is 1. The average molecular weight is 419 g/mol. The van der Waals surface area contributed by atoms with Gasteiger partial charge >= 0.3 is 0 Å². The van der Waals surface area contributed by atoms with Crippen LogP contribution in [0, 0.1) is 6.92 Å². The number of benzene rings is 1. The minimum Gasteiger partial charge on any atom is -0.496 e. The number of ether oxygens (including phenoxy) is 2. The molecule has 1 unspecified atom stereocenters. The number of nitrogens with two attached hydrogens (primary N) is 1. The number of aryl methyl sites for hydroxylation is 1. The summed E-state index contributed by atoms with van der Waals surface area (Å²) in [5.74, 6) is 1.44. The van der Waals surface area contributed by atoms with Gasteiger partial charge in [0.2, 0.25) is 0 Å². The monoisotopic (exact) mass is 418 g/mol. The SMILES string of the molecule is COCc1ccc(OC)c(CN2CCCC2c2cc(-c3ccc(N)nc3)cc(C)n2)c1. The molecule has 2 N–H and O–H groups in total. The van der Waals surface area contributed by atoms with E-state index in [2.05, 4.69) is 34.1 Å². The molecule has 1 saturated heterocycles. The highest BCUT2D eigenvalue weighted by molar-refractivity contribution is 5.64. The van der Waals surface area contributed by atoms with E-state index in [1.807, 2.05) is 31.3 Å². The summed E-state index contributed by atoms with van der Waals surface area (Å²) in [6.07, 6.45) is 4.07. The van der Waals surface area contributed by atoms with E-state index in [9.17, 15) is 0 Å². The van der Waals surface area contributed by atoms with Crippen LogP contribution in [0.25, 0.3) is 11.1 Å². The summed E-state index contributed by atoms with van der Waals surface area (Å²) in [4.78, 5) is 11.7. The van der Waals surface area contributed by atoms with E-state index in [-0.39, 0.29) is 6.04 Å². The third-order valence-electron chi connectivity index (χ3n) is 5.83. The van der Waals surface area contributed by atoms with Crippen molar-refractivity contribution in [3.63, 3.8) is 0 Å². The summed E-state index contributed by atoms with van der Waals surface area (Å²) in [7, 11) is 3.45. The highest BCUT2D eigenvalue weighted by atomic mass is 16.5. The lowest BCUT2D eigenvalue weighted by Crippen LogP contribution is -2.24. The number of likely N-dealkylation sites (tertiary alicyclic amines) is 1. The van der Waals surface area contributed by atoms with E-state index in [4.69, 9.17) is 20.2 Å². The molecule has 1 aromatic carbocycles. The number of aromatic nitrogens is 2. The van der Waals surface area contributed by atoms with Gasteiger partial charge in [0.05, 0.1) is 25.5 Å². The zero-order valence-electron chi connectivity index (χ0n) is 18.5. The van der Waals surface area contributed by atoms with E-state index < -0.39 is 0 Å². The second-order valence-corrected chi connectivity index (χ2v) is 8.10. The lowest BCUT2D eigenvalue weighted by atomic mass is 10.0. The minimum atomic E-state index is 0.274. The molecule has 0 radical (unpaired) electrons. The average Bonchev–Trinajstić information content (AvgIpc) is 3.22. The Balaban J connectivity index is 1.62. The van der Waals surface area contributed by atoms with Crippen molar-refractivity contribution in [1.29, 1.82) is 0 Å². The van der Waals surface area contributed by atoms with Crippen molar-refractivity contribution in [1.82, 2.24) is 14.9 Å². The van der Waals surface area contributed by atoms with E-state index in [1.54, 1.807) is 14.2 Å². The maximum atomic E-state index is 5.76. The van der Waals surface area contributed by atoms with E-state index in [1.165, 1.54) is 5.56 Å². The Hall–Kier alpha value is -2.96. The Morgan fingerprint density at radius 1 is 1.10 bits per heavy atom. The van der Waals surface area contributed by atoms with Crippen LogP contribution in [0.15, 0.2) is 48.7 Å². The summed E-state index contributed by atoms with van der Waals surface area (Å²) < 4.78 is 11.0. The summed E-state index contributed by atoms with van der Waals surface area (Å²) in [5.41, 5.74) is 12.4. The highest BCUT2D eigenvalue weighted by Gasteiger charge is 2.28. The second-order valence-electron chi connectivity index (χ2n) is 8.10. The van der Waals surface area contributed by atoms with Gasteiger partial charge in [-0.2, -0.15) is 0 Å². The van der Waals surface area contributed by atoms with Gasteiger partial charge in [-0.3, -0.25) is 9.88 Å². The first kappa shape index (κ1) is 21.3. The zero-order chi connectivity index (χ0) is 21.8. The highest BCUT2D eigenvalue weighted by Crippen LogP contribution is 2.35. The summed E-state index contributed by atoms with van der Waals surface area (Å²) in [5, 5.41) is 0. The molecular formula is C25H30N4O2. The van der Waals surface area contributed by atoms with E-state index >= 15 is 0 Å². The Bertz CT molecular complexity index is 1040. The molecule has 4 rings (SSSR count). The molecule has 3 aromatic rings. The summed E-state index contributed by atoms with van der Waals surface area (Å²) in [6, 6.07) is 14.7. The third-order valence-corrected chi connectivity index (χ3v) is 5.83. The van der Waals surface area contributed by atoms with Crippen molar-refractivity contribution in [2.24, 2.45) is 0 Å². The van der Waals surface area contributed by atoms with Crippen LogP contribution in [0.2, 0.25) is 0 Å². The molecule has 0 saturated carbocycles. The van der Waals surface area contributed by atoms with Gasteiger partial charge in [0, 0.05) is 36.7 Å². The molecule has 6 nitrogen and oxygen atoms in total. The fourth-order valence-electron chi connectivity index (χ4n) is 4.39. The number of nitrogens with zero attached hydrogens (tertiary/aromatic N) is 3. The predicted octanol–water partition coefficient (Wildman–Crippen LogP) is 4.53. The van der Waals surface area contributed by atoms with Crippen LogP contribution >= 0.6 is 0 Å².